The molecule has 0 saturated heterocycles. The number of halogens is 5. The van der Waals surface area contributed by atoms with Gasteiger partial charge in [-0.2, -0.15) is 10.2 Å². The smallest absolute Gasteiger partial charge is 0.283 e. The van der Waals surface area contributed by atoms with Gasteiger partial charge in [0.15, 0.2) is 0 Å². The Bertz CT molecular complexity index is 1060. The number of thiazole rings is 1. The first-order valence-electron chi connectivity index (χ1n) is 8.29. The molecule has 2 aromatic heterocycles. The number of benzene rings is 1. The van der Waals surface area contributed by atoms with Crippen molar-refractivity contribution in [1.29, 1.82) is 0 Å². The highest BCUT2D eigenvalue weighted by Gasteiger charge is 2.28. The first-order chi connectivity index (χ1) is 14.3. The van der Waals surface area contributed by atoms with Crippen LogP contribution in [0.25, 0.3) is 0 Å². The third-order valence-electron chi connectivity index (χ3n) is 3.89. The van der Waals surface area contributed by atoms with Crippen molar-refractivity contribution < 1.29 is 22.3 Å². The second kappa shape index (κ2) is 9.43. The van der Waals surface area contributed by atoms with Gasteiger partial charge in [0.2, 0.25) is 5.13 Å². The Hall–Kier alpha value is -2.67. The second-order valence-electron chi connectivity index (χ2n) is 5.86. The van der Waals surface area contributed by atoms with Gasteiger partial charge >= 0.3 is 0 Å². The lowest BCUT2D eigenvalue weighted by Crippen LogP contribution is -2.09. The van der Waals surface area contributed by atoms with Gasteiger partial charge in [-0.1, -0.05) is 0 Å². The molecular weight excluding hydrogens is 492 g/mol. The summed E-state index contributed by atoms with van der Waals surface area (Å²) in [5, 5.41) is 9.85. The van der Waals surface area contributed by atoms with Crippen LogP contribution < -0.4 is 15.9 Å². The van der Waals surface area contributed by atoms with Crippen LogP contribution >= 0.6 is 27.3 Å². The summed E-state index contributed by atoms with van der Waals surface area (Å²) in [6.07, 6.45) is -4.51. The lowest BCUT2D eigenvalue weighted by atomic mass is 10.1. The third kappa shape index (κ3) is 4.90. The first kappa shape index (κ1) is 22.0. The zero-order valence-electron chi connectivity index (χ0n) is 15.3. The standard InChI is InChI=1S/C17H15BrF4N6OS/c1-29-10-3-2-8(5-24-26-17-25-11(23)7-30-17)4-9(10)6-28-14(16(21)22)12(18)13(27-28)15(19)20/h2-5,7,15-16H,6,23H2,1H3,(H,25,26). The molecule has 160 valence electrons. The number of alkyl halides is 4. The van der Waals surface area contributed by atoms with E-state index in [1.807, 2.05) is 0 Å². The van der Waals surface area contributed by atoms with Crippen molar-refractivity contribution in [2.45, 2.75) is 19.4 Å². The molecule has 13 heteroatoms. The van der Waals surface area contributed by atoms with E-state index in [0.29, 0.717) is 27.8 Å². The Labute approximate surface area is 180 Å². The molecule has 30 heavy (non-hydrogen) atoms. The molecule has 0 amide bonds. The normalized spacial score (nSPS) is 11.7. The summed E-state index contributed by atoms with van der Waals surface area (Å²) in [5.41, 5.74) is 7.95. The summed E-state index contributed by atoms with van der Waals surface area (Å²) in [5.74, 6) is 0.756. The molecule has 1 aromatic carbocycles. The maximum atomic E-state index is 13.4. The fourth-order valence-electron chi connectivity index (χ4n) is 2.60. The molecular formula is C17H15BrF4N6OS. The molecule has 7 nitrogen and oxygen atoms in total. The van der Waals surface area contributed by atoms with Crippen LogP contribution in [0.2, 0.25) is 0 Å². The fourth-order valence-corrected chi connectivity index (χ4v) is 3.78. The molecule has 0 fully saturated rings. The Kier molecular flexibility index (Phi) is 6.92. The van der Waals surface area contributed by atoms with Crippen molar-refractivity contribution in [2.24, 2.45) is 5.10 Å². The molecule has 0 radical (unpaired) electrons. The number of hydrazone groups is 1. The SMILES string of the molecule is COc1ccc(C=NNc2nc(N)cs2)cc1Cn1nc(C(F)F)c(Br)c1C(F)F. The van der Waals surface area contributed by atoms with Crippen molar-refractivity contribution in [3.63, 3.8) is 0 Å². The predicted molar refractivity (Wildman–Crippen MR) is 110 cm³/mol. The summed E-state index contributed by atoms with van der Waals surface area (Å²) < 4.78 is 58.8. The number of nitrogens with two attached hydrogens (primary N) is 1. The van der Waals surface area contributed by atoms with Gasteiger partial charge in [0.25, 0.3) is 12.9 Å². The predicted octanol–water partition coefficient (Wildman–Crippen LogP) is 5.06. The number of hydrogen-bond donors (Lipinski definition) is 2. The average molecular weight is 507 g/mol. The Balaban J connectivity index is 1.88. The van der Waals surface area contributed by atoms with Crippen LogP contribution in [0.4, 0.5) is 28.5 Å². The molecule has 0 aliphatic rings. The van der Waals surface area contributed by atoms with Gasteiger partial charge in [-0.25, -0.2) is 22.5 Å². The van der Waals surface area contributed by atoms with Gasteiger partial charge in [0.05, 0.1) is 24.3 Å². The zero-order valence-corrected chi connectivity index (χ0v) is 17.7. The van der Waals surface area contributed by atoms with Gasteiger partial charge in [0, 0.05) is 10.9 Å². The van der Waals surface area contributed by atoms with Crippen molar-refractivity contribution in [1.82, 2.24) is 14.8 Å². The van der Waals surface area contributed by atoms with E-state index in [-0.39, 0.29) is 6.54 Å². The van der Waals surface area contributed by atoms with Gasteiger partial charge in [0.1, 0.15) is 23.0 Å². The average Bonchev–Trinajstić information content (AvgIpc) is 3.25. The summed E-state index contributed by atoms with van der Waals surface area (Å²) in [4.78, 5) is 4.00. The second-order valence-corrected chi connectivity index (χ2v) is 7.51. The van der Waals surface area contributed by atoms with E-state index in [9.17, 15) is 17.6 Å². The van der Waals surface area contributed by atoms with Crippen molar-refractivity contribution in [3.05, 3.63) is 50.6 Å². The molecule has 0 unspecified atom stereocenters. The number of nitrogens with one attached hydrogen (secondary N) is 1. The van der Waals surface area contributed by atoms with Gasteiger partial charge in [-0.15, -0.1) is 11.3 Å². The number of rotatable bonds is 8. The number of ether oxygens (including phenoxy) is 1. The summed E-state index contributed by atoms with van der Waals surface area (Å²) in [7, 11) is 1.42. The maximum absolute atomic E-state index is 13.4. The Morgan fingerprint density at radius 1 is 1.33 bits per heavy atom. The van der Waals surface area contributed by atoms with E-state index >= 15 is 0 Å². The van der Waals surface area contributed by atoms with Crippen LogP contribution in [0.1, 0.15) is 35.4 Å². The summed E-state index contributed by atoms with van der Waals surface area (Å²) in [6.45, 7) is -0.202. The topological polar surface area (TPSA) is 90.4 Å². The highest BCUT2D eigenvalue weighted by molar-refractivity contribution is 9.10. The number of nitrogen functional groups attached to an aromatic ring is 1. The Morgan fingerprint density at radius 2 is 2.10 bits per heavy atom. The van der Waals surface area contributed by atoms with Crippen LogP contribution in [0.15, 0.2) is 33.2 Å². The number of methoxy groups -OCH3 is 1. The van der Waals surface area contributed by atoms with Crippen LogP contribution in [-0.2, 0) is 6.54 Å². The monoisotopic (exact) mass is 506 g/mol. The van der Waals surface area contributed by atoms with Gasteiger partial charge < -0.3 is 10.5 Å². The zero-order chi connectivity index (χ0) is 21.8. The largest absolute Gasteiger partial charge is 0.496 e. The van der Waals surface area contributed by atoms with Crippen LogP contribution in [0.3, 0.4) is 0 Å². The fraction of sp³-hybridized carbons (Fsp3) is 0.235. The molecule has 0 atom stereocenters. The minimum atomic E-state index is -3.00. The van der Waals surface area contributed by atoms with E-state index in [0.717, 1.165) is 4.68 Å². The molecule has 0 aliphatic carbocycles. The van der Waals surface area contributed by atoms with Crippen molar-refractivity contribution in [3.8, 4) is 5.75 Å². The highest BCUT2D eigenvalue weighted by atomic mass is 79.9. The van der Waals surface area contributed by atoms with E-state index in [1.165, 1.54) is 24.7 Å². The summed E-state index contributed by atoms with van der Waals surface area (Å²) in [6, 6.07) is 4.95. The van der Waals surface area contributed by atoms with Gasteiger partial charge in [-0.05, 0) is 39.7 Å². The van der Waals surface area contributed by atoms with E-state index < -0.39 is 28.7 Å². The lowest BCUT2D eigenvalue weighted by Gasteiger charge is -2.12. The molecule has 3 rings (SSSR count). The minimum absolute atomic E-state index is 0.202. The number of anilines is 2. The number of aromatic nitrogens is 3. The molecule has 2 heterocycles. The molecule has 0 bridgehead atoms. The first-order valence-corrected chi connectivity index (χ1v) is 9.96. The van der Waals surface area contributed by atoms with Crippen molar-refractivity contribution in [2.75, 3.05) is 18.3 Å². The molecule has 0 saturated carbocycles. The molecule has 3 aromatic rings. The molecule has 0 spiro atoms. The quantitative estimate of drug-likeness (QED) is 0.253. The van der Waals surface area contributed by atoms with Crippen LogP contribution in [0.5, 0.6) is 5.75 Å². The highest BCUT2D eigenvalue weighted by Crippen LogP contribution is 2.35. The lowest BCUT2D eigenvalue weighted by molar-refractivity contribution is 0.139. The number of hydrogen-bond acceptors (Lipinski definition) is 7. The van der Waals surface area contributed by atoms with Crippen LogP contribution in [0, 0.1) is 0 Å². The Morgan fingerprint density at radius 3 is 2.70 bits per heavy atom. The van der Waals surface area contributed by atoms with E-state index in [1.54, 1.807) is 23.6 Å². The maximum Gasteiger partial charge on any atom is 0.283 e. The van der Waals surface area contributed by atoms with Crippen molar-refractivity contribution >= 4 is 44.4 Å². The third-order valence-corrected chi connectivity index (χ3v) is 5.47. The minimum Gasteiger partial charge on any atom is -0.496 e. The molecule has 3 N–H and O–H groups in total. The molecule has 0 aliphatic heterocycles. The summed E-state index contributed by atoms with van der Waals surface area (Å²) >= 11 is 4.08. The van der Waals surface area contributed by atoms with E-state index in [2.05, 4.69) is 36.5 Å². The van der Waals surface area contributed by atoms with E-state index in [4.69, 9.17) is 10.5 Å². The number of nitrogens with zero attached hydrogens (tertiary/aromatic N) is 4. The van der Waals surface area contributed by atoms with Gasteiger partial charge in [-0.3, -0.25) is 10.1 Å². The van der Waals surface area contributed by atoms with Crippen LogP contribution in [-0.4, -0.2) is 28.1 Å².